The predicted molar refractivity (Wildman–Crippen MR) is 205 cm³/mol. The summed E-state index contributed by atoms with van der Waals surface area (Å²) in [5.74, 6) is 0. The van der Waals surface area contributed by atoms with E-state index in [2.05, 4.69) is 180 Å². The van der Waals surface area contributed by atoms with Crippen LogP contribution in [0.5, 0.6) is 0 Å². The lowest BCUT2D eigenvalue weighted by Gasteiger charge is -2.53. The number of hydrogen-bond acceptors (Lipinski definition) is 4. The van der Waals surface area contributed by atoms with E-state index in [1.165, 1.54) is 76.6 Å². The lowest BCUT2D eigenvalue weighted by atomic mass is 9.61. The zero-order chi connectivity index (χ0) is 32.9. The summed E-state index contributed by atoms with van der Waals surface area (Å²) >= 11 is 0. The zero-order valence-corrected chi connectivity index (χ0v) is 28.4. The first-order valence-corrected chi connectivity index (χ1v) is 17.8. The molecule has 2 atom stereocenters. The van der Waals surface area contributed by atoms with Crippen molar-refractivity contribution in [2.45, 2.75) is 57.4 Å². The molecule has 0 spiro atoms. The third kappa shape index (κ3) is 3.80. The van der Waals surface area contributed by atoms with Crippen LogP contribution in [-0.4, -0.2) is 5.54 Å². The number of benzene rings is 6. The molecule has 4 aliphatic rings. The van der Waals surface area contributed by atoms with Crippen LogP contribution in [0.15, 0.2) is 140 Å². The summed E-state index contributed by atoms with van der Waals surface area (Å²) in [5.41, 5.74) is 16.3. The summed E-state index contributed by atoms with van der Waals surface area (Å²) in [7, 11) is 0. The number of anilines is 11. The van der Waals surface area contributed by atoms with Crippen LogP contribution in [0, 0.1) is 6.92 Å². The highest BCUT2D eigenvalue weighted by atomic mass is 15.4. The van der Waals surface area contributed by atoms with Crippen molar-refractivity contribution in [1.82, 2.24) is 0 Å². The maximum Gasteiger partial charge on any atom is 0.0944 e. The topological polar surface area (TPSA) is 13.0 Å². The van der Waals surface area contributed by atoms with Crippen LogP contribution in [0.25, 0.3) is 0 Å². The maximum atomic E-state index is 2.77. The Balaban J connectivity index is 1.27. The molecule has 1 aliphatic carbocycles. The van der Waals surface area contributed by atoms with Gasteiger partial charge in [-0.05, 0) is 111 Å². The smallest absolute Gasteiger partial charge is 0.0944 e. The molecule has 1 saturated carbocycles. The minimum Gasteiger partial charge on any atom is -0.331 e. The Hall–Kier alpha value is -5.48. The molecule has 0 N–H and O–H groups in total. The van der Waals surface area contributed by atoms with E-state index in [1.54, 1.807) is 0 Å². The molecular formula is C45H40N4. The van der Waals surface area contributed by atoms with Crippen molar-refractivity contribution in [2.75, 3.05) is 19.6 Å². The van der Waals surface area contributed by atoms with Crippen molar-refractivity contribution in [1.29, 1.82) is 0 Å². The first-order chi connectivity index (χ1) is 24.0. The highest BCUT2D eigenvalue weighted by molar-refractivity contribution is 6.13. The van der Waals surface area contributed by atoms with Gasteiger partial charge in [0.1, 0.15) is 0 Å². The Morgan fingerprint density at radius 3 is 1.88 bits per heavy atom. The van der Waals surface area contributed by atoms with Gasteiger partial charge in [-0.3, -0.25) is 0 Å². The molecule has 240 valence electrons. The van der Waals surface area contributed by atoms with Gasteiger partial charge in [-0.1, -0.05) is 86.5 Å². The summed E-state index contributed by atoms with van der Waals surface area (Å²) in [6.45, 7) is 7.35. The third-order valence-electron chi connectivity index (χ3n) is 12.0. The molecule has 0 bridgehead atoms. The Labute approximate surface area is 289 Å². The monoisotopic (exact) mass is 636 g/mol. The van der Waals surface area contributed by atoms with E-state index < -0.39 is 0 Å². The normalized spacial score (nSPS) is 21.1. The van der Waals surface area contributed by atoms with Gasteiger partial charge in [-0.2, -0.15) is 0 Å². The molecule has 1 fully saturated rings. The molecule has 0 radical (unpaired) electrons. The number of hydrogen-bond donors (Lipinski definition) is 0. The summed E-state index contributed by atoms with van der Waals surface area (Å²) in [5, 5.41) is 0. The van der Waals surface area contributed by atoms with Gasteiger partial charge in [0.05, 0.1) is 45.4 Å². The first-order valence-electron chi connectivity index (χ1n) is 17.8. The molecule has 6 aromatic carbocycles. The summed E-state index contributed by atoms with van der Waals surface area (Å²) in [4.78, 5) is 10.2. The van der Waals surface area contributed by atoms with Crippen molar-refractivity contribution < 1.29 is 0 Å². The fourth-order valence-electron chi connectivity index (χ4n) is 9.59. The molecule has 4 nitrogen and oxygen atoms in total. The predicted octanol–water partition coefficient (Wildman–Crippen LogP) is 12.8. The third-order valence-corrected chi connectivity index (χ3v) is 12.0. The molecular weight excluding hydrogens is 597 g/mol. The average Bonchev–Trinajstić information content (AvgIpc) is 3.35. The van der Waals surface area contributed by atoms with E-state index in [4.69, 9.17) is 0 Å². The Morgan fingerprint density at radius 2 is 1.16 bits per heavy atom. The van der Waals surface area contributed by atoms with Gasteiger partial charge in [0.2, 0.25) is 0 Å². The van der Waals surface area contributed by atoms with E-state index in [0.29, 0.717) is 0 Å². The van der Waals surface area contributed by atoms with Crippen LogP contribution in [0.3, 0.4) is 0 Å². The Bertz CT molecular complexity index is 2210. The van der Waals surface area contributed by atoms with E-state index >= 15 is 0 Å². The molecule has 3 heterocycles. The fourth-order valence-corrected chi connectivity index (χ4v) is 9.59. The minimum absolute atomic E-state index is 0.00488. The number of rotatable bonds is 4. The molecule has 0 amide bonds. The fraction of sp³-hybridized carbons (Fsp3) is 0.200. The second-order valence-corrected chi connectivity index (χ2v) is 14.7. The van der Waals surface area contributed by atoms with Gasteiger partial charge in [0, 0.05) is 28.2 Å². The van der Waals surface area contributed by atoms with E-state index in [0.717, 1.165) is 22.7 Å². The van der Waals surface area contributed by atoms with Gasteiger partial charge in [0.15, 0.2) is 0 Å². The lowest BCUT2D eigenvalue weighted by molar-refractivity contribution is 0.195. The van der Waals surface area contributed by atoms with Crippen LogP contribution < -0.4 is 19.6 Å². The van der Waals surface area contributed by atoms with Crippen LogP contribution >= 0.6 is 0 Å². The SMILES string of the molecule is Cc1cc2c3c(c1)N1c4c(cccc4C4(C)CCCCC14C)N3c1ccc(N(c3ccccc3)c3ccccc3)cc1N2c1ccccc1. The van der Waals surface area contributed by atoms with Crippen LogP contribution in [-0.2, 0) is 5.41 Å². The van der Waals surface area contributed by atoms with Crippen LogP contribution in [0.2, 0.25) is 0 Å². The van der Waals surface area contributed by atoms with Crippen LogP contribution in [0.4, 0.5) is 62.6 Å². The van der Waals surface area contributed by atoms with Gasteiger partial charge in [-0.15, -0.1) is 0 Å². The summed E-state index contributed by atoms with van der Waals surface area (Å²) < 4.78 is 0. The van der Waals surface area contributed by atoms with Crippen molar-refractivity contribution in [3.63, 3.8) is 0 Å². The summed E-state index contributed by atoms with van der Waals surface area (Å²) in [6.07, 6.45) is 4.96. The first kappa shape index (κ1) is 28.5. The van der Waals surface area contributed by atoms with Crippen molar-refractivity contribution in [2.24, 2.45) is 0 Å². The Morgan fingerprint density at radius 1 is 0.510 bits per heavy atom. The number of nitrogens with zero attached hydrogens (tertiary/aromatic N) is 4. The lowest BCUT2D eigenvalue weighted by Crippen LogP contribution is -2.55. The number of fused-ring (bicyclic) bond motifs is 7. The molecule has 10 rings (SSSR count). The molecule has 4 heteroatoms. The van der Waals surface area contributed by atoms with Gasteiger partial charge >= 0.3 is 0 Å². The van der Waals surface area contributed by atoms with Gasteiger partial charge in [0.25, 0.3) is 0 Å². The van der Waals surface area contributed by atoms with Gasteiger partial charge < -0.3 is 19.6 Å². The van der Waals surface area contributed by atoms with Gasteiger partial charge in [-0.25, -0.2) is 0 Å². The standard InChI is InChI=1S/C45H40N4/c1-31-28-40-43-41(29-31)49-42-36(44(2)26-13-14-27-45(44,49)3)22-15-23-38(42)48(43)37-25-24-35(30-39(37)47(40)34-20-11-6-12-21-34)46(32-16-7-4-8-17-32)33-18-9-5-10-19-33/h4-12,15-25,28-30H,13-14,26-27H2,1-3H3. The molecule has 6 aromatic rings. The molecule has 49 heavy (non-hydrogen) atoms. The number of aryl methyl sites for hydroxylation is 1. The molecule has 0 saturated heterocycles. The van der Waals surface area contributed by atoms with Crippen molar-refractivity contribution in [3.8, 4) is 0 Å². The molecule has 0 aromatic heterocycles. The van der Waals surface area contributed by atoms with Crippen molar-refractivity contribution >= 4 is 62.6 Å². The van der Waals surface area contributed by atoms with Crippen molar-refractivity contribution in [3.05, 3.63) is 151 Å². The second-order valence-electron chi connectivity index (χ2n) is 14.7. The average molecular weight is 637 g/mol. The highest BCUT2D eigenvalue weighted by Crippen LogP contribution is 2.70. The van der Waals surface area contributed by atoms with E-state index in [9.17, 15) is 0 Å². The number of para-hydroxylation sites is 4. The van der Waals surface area contributed by atoms with E-state index in [-0.39, 0.29) is 11.0 Å². The zero-order valence-electron chi connectivity index (χ0n) is 28.4. The largest absolute Gasteiger partial charge is 0.331 e. The Kier molecular flexibility index (Phi) is 5.97. The molecule has 3 aliphatic heterocycles. The second kappa shape index (κ2) is 10.3. The van der Waals surface area contributed by atoms with E-state index in [1.807, 2.05) is 0 Å². The minimum atomic E-state index is 0.00488. The molecule has 2 unspecified atom stereocenters. The van der Waals surface area contributed by atoms with Crippen LogP contribution in [0.1, 0.15) is 50.7 Å². The quantitative estimate of drug-likeness (QED) is 0.191. The summed E-state index contributed by atoms with van der Waals surface area (Å²) in [6, 6.07) is 51.3. The highest BCUT2D eigenvalue weighted by Gasteiger charge is 2.60. The maximum absolute atomic E-state index is 2.77.